The molecule has 0 aliphatic carbocycles. The first-order valence-electron chi connectivity index (χ1n) is 10.9. The molecule has 2 saturated heterocycles. The van der Waals surface area contributed by atoms with Gasteiger partial charge >= 0.3 is 0 Å². The summed E-state index contributed by atoms with van der Waals surface area (Å²) in [6, 6.07) is 4.56. The molecule has 0 spiro atoms. The number of aromatic nitrogens is 1. The molecule has 2 amide bonds. The van der Waals surface area contributed by atoms with E-state index in [1.54, 1.807) is 24.6 Å². The number of nitrogens with one attached hydrogen (secondary N) is 2. The number of amides is 2. The Morgan fingerprint density at radius 3 is 2.79 bits per heavy atom. The van der Waals surface area contributed by atoms with E-state index in [-0.39, 0.29) is 29.6 Å². The molecule has 2 aromatic rings. The molecule has 33 heavy (non-hydrogen) atoms. The van der Waals surface area contributed by atoms with E-state index in [2.05, 4.69) is 10.0 Å². The number of ether oxygens (including phenoxy) is 2. The smallest absolute Gasteiger partial charge is 0.276 e. The molecule has 176 valence electrons. The first kappa shape index (κ1) is 22.2. The second-order valence-electron chi connectivity index (χ2n) is 9.36. The third-order valence-electron chi connectivity index (χ3n) is 6.58. The van der Waals surface area contributed by atoms with Crippen LogP contribution >= 0.6 is 11.9 Å². The van der Waals surface area contributed by atoms with E-state index in [0.717, 1.165) is 4.90 Å². The summed E-state index contributed by atoms with van der Waals surface area (Å²) in [7, 11) is 1.79. The van der Waals surface area contributed by atoms with Gasteiger partial charge in [0.05, 0.1) is 30.1 Å². The molecule has 2 fully saturated rings. The van der Waals surface area contributed by atoms with Gasteiger partial charge in [-0.3, -0.25) is 14.3 Å². The zero-order valence-corrected chi connectivity index (χ0v) is 19.6. The van der Waals surface area contributed by atoms with Gasteiger partial charge in [0.25, 0.3) is 5.91 Å². The van der Waals surface area contributed by atoms with E-state index >= 15 is 0 Å². The fraction of sp³-hybridized carbons (Fsp3) is 0.478. The average Bonchev–Trinajstić information content (AvgIpc) is 3.29. The van der Waals surface area contributed by atoms with Crippen LogP contribution in [-0.4, -0.2) is 60.2 Å². The molecule has 4 heterocycles. The number of halogens is 1. The van der Waals surface area contributed by atoms with E-state index in [1.807, 2.05) is 18.0 Å². The van der Waals surface area contributed by atoms with Crippen LogP contribution in [0.25, 0.3) is 0 Å². The van der Waals surface area contributed by atoms with Crippen molar-refractivity contribution in [1.82, 2.24) is 14.2 Å². The van der Waals surface area contributed by atoms with E-state index in [4.69, 9.17) is 9.47 Å². The molecule has 2 atom stereocenters. The van der Waals surface area contributed by atoms with Crippen LogP contribution in [0.5, 0.6) is 5.75 Å². The Morgan fingerprint density at radius 1 is 1.30 bits per heavy atom. The van der Waals surface area contributed by atoms with Crippen molar-refractivity contribution in [2.45, 2.75) is 24.8 Å². The van der Waals surface area contributed by atoms with Crippen molar-refractivity contribution < 1.29 is 23.5 Å². The summed E-state index contributed by atoms with van der Waals surface area (Å²) in [4.78, 5) is 28.7. The predicted octanol–water partition coefficient (Wildman–Crippen LogP) is 2.58. The largest absolute Gasteiger partial charge is 0.489 e. The van der Waals surface area contributed by atoms with Gasteiger partial charge in [-0.1, -0.05) is 0 Å². The molecule has 5 rings (SSSR count). The summed E-state index contributed by atoms with van der Waals surface area (Å²) in [6.07, 6.45) is 1.85. The van der Waals surface area contributed by atoms with Crippen molar-refractivity contribution in [1.29, 1.82) is 0 Å². The standard InChI is InChI=1S/C23H27FN4O4S/c1-13-6-15(4-5-16(13)24)25-21(29)19-20-18(9-27(19)3)33-26-17-8-28(7-14(17)10-32-20)22(30)23(2)11-31-12-23/h4-6,9,14,17,26H,7-8,10-12H2,1-3H3,(H,25,29). The number of carbonyl (C=O) groups is 2. The molecule has 1 aromatic heterocycles. The number of anilines is 1. The fourth-order valence-electron chi connectivity index (χ4n) is 4.55. The van der Waals surface area contributed by atoms with Crippen LogP contribution in [0.4, 0.5) is 10.1 Å². The number of hydrogen-bond donors (Lipinski definition) is 2. The Balaban J connectivity index is 1.31. The molecule has 3 aliphatic rings. The highest BCUT2D eigenvalue weighted by molar-refractivity contribution is 7.97. The number of hydrogen-bond acceptors (Lipinski definition) is 6. The van der Waals surface area contributed by atoms with Crippen molar-refractivity contribution in [2.75, 3.05) is 38.2 Å². The van der Waals surface area contributed by atoms with Crippen molar-refractivity contribution >= 4 is 29.4 Å². The van der Waals surface area contributed by atoms with Gasteiger partial charge in [-0.15, -0.1) is 0 Å². The fourth-order valence-corrected chi connectivity index (χ4v) is 5.55. The van der Waals surface area contributed by atoms with Crippen LogP contribution in [0.15, 0.2) is 29.3 Å². The number of rotatable bonds is 3. The van der Waals surface area contributed by atoms with Crippen LogP contribution in [0.1, 0.15) is 23.0 Å². The van der Waals surface area contributed by atoms with E-state index in [1.165, 1.54) is 24.1 Å². The van der Waals surface area contributed by atoms with Crippen molar-refractivity contribution in [2.24, 2.45) is 18.4 Å². The minimum absolute atomic E-state index is 0.0939. The molecule has 2 unspecified atom stereocenters. The monoisotopic (exact) mass is 474 g/mol. The van der Waals surface area contributed by atoms with Gasteiger partial charge in [0.2, 0.25) is 5.91 Å². The topological polar surface area (TPSA) is 84.8 Å². The van der Waals surface area contributed by atoms with E-state index in [0.29, 0.717) is 55.6 Å². The maximum Gasteiger partial charge on any atom is 0.276 e. The predicted molar refractivity (Wildman–Crippen MR) is 122 cm³/mol. The Hall–Kier alpha value is -2.56. The van der Waals surface area contributed by atoms with E-state index in [9.17, 15) is 14.0 Å². The Kier molecular flexibility index (Phi) is 5.62. The molecule has 2 N–H and O–H groups in total. The number of fused-ring (bicyclic) bond motifs is 2. The minimum Gasteiger partial charge on any atom is -0.489 e. The Labute approximate surface area is 195 Å². The quantitative estimate of drug-likeness (QED) is 0.666. The number of likely N-dealkylation sites (tertiary alicyclic amines) is 1. The summed E-state index contributed by atoms with van der Waals surface area (Å²) < 4.78 is 30.2. The Morgan fingerprint density at radius 2 is 2.09 bits per heavy atom. The highest BCUT2D eigenvalue weighted by atomic mass is 32.2. The summed E-state index contributed by atoms with van der Waals surface area (Å²) in [5.41, 5.74) is 0.940. The maximum absolute atomic E-state index is 13.6. The lowest BCUT2D eigenvalue weighted by atomic mass is 9.87. The SMILES string of the molecule is Cc1cc(NC(=O)c2c3c(cn2C)SNC2CN(C(=O)C4(C)COC4)CC2CO3)ccc1F. The molecule has 0 bridgehead atoms. The first-order chi connectivity index (χ1) is 15.7. The molecule has 3 aliphatic heterocycles. The molecule has 10 heteroatoms. The van der Waals surface area contributed by atoms with Gasteiger partial charge in [0.15, 0.2) is 11.4 Å². The lowest BCUT2D eigenvalue weighted by molar-refractivity contribution is -0.167. The first-order valence-corrected chi connectivity index (χ1v) is 11.8. The lowest BCUT2D eigenvalue weighted by Gasteiger charge is -2.39. The van der Waals surface area contributed by atoms with Crippen LogP contribution in [0.3, 0.4) is 0 Å². The molecule has 1 aromatic carbocycles. The van der Waals surface area contributed by atoms with Crippen LogP contribution in [-0.2, 0) is 16.6 Å². The molecular weight excluding hydrogens is 447 g/mol. The average molecular weight is 475 g/mol. The Bertz CT molecular complexity index is 1120. The molecule has 8 nitrogen and oxygen atoms in total. The number of aryl methyl sites for hydroxylation is 2. The number of carbonyl (C=O) groups excluding carboxylic acids is 2. The maximum atomic E-state index is 13.6. The van der Waals surface area contributed by atoms with Crippen LogP contribution < -0.4 is 14.8 Å². The highest BCUT2D eigenvalue weighted by Gasteiger charge is 2.47. The third kappa shape index (κ3) is 4.00. The second kappa shape index (κ2) is 8.34. The number of benzene rings is 1. The van der Waals surface area contributed by atoms with Gasteiger partial charge in [-0.25, -0.2) is 4.39 Å². The molecule has 0 radical (unpaired) electrons. The molecular formula is C23H27FN4O4S. The number of nitrogens with zero attached hydrogens (tertiary/aromatic N) is 2. The summed E-state index contributed by atoms with van der Waals surface area (Å²) in [5.74, 6) is 0.0909. The van der Waals surface area contributed by atoms with Crippen molar-refractivity contribution in [3.63, 3.8) is 0 Å². The van der Waals surface area contributed by atoms with Gasteiger partial charge in [-0.2, -0.15) is 0 Å². The van der Waals surface area contributed by atoms with Crippen LogP contribution in [0, 0.1) is 24.1 Å². The van der Waals surface area contributed by atoms with Crippen molar-refractivity contribution in [3.05, 3.63) is 41.5 Å². The van der Waals surface area contributed by atoms with Gasteiger partial charge in [0.1, 0.15) is 5.82 Å². The lowest BCUT2D eigenvalue weighted by Crippen LogP contribution is -2.53. The van der Waals surface area contributed by atoms with Crippen LogP contribution in [0.2, 0.25) is 0 Å². The highest BCUT2D eigenvalue weighted by Crippen LogP contribution is 2.38. The van der Waals surface area contributed by atoms with Gasteiger partial charge < -0.3 is 24.3 Å². The van der Waals surface area contributed by atoms with Gasteiger partial charge in [-0.05, 0) is 49.6 Å². The zero-order valence-electron chi connectivity index (χ0n) is 18.8. The van der Waals surface area contributed by atoms with E-state index < -0.39 is 5.41 Å². The third-order valence-corrected chi connectivity index (χ3v) is 7.51. The summed E-state index contributed by atoms with van der Waals surface area (Å²) in [5, 5.41) is 2.84. The van der Waals surface area contributed by atoms with Gasteiger partial charge in [0, 0.05) is 44.0 Å². The van der Waals surface area contributed by atoms with Crippen molar-refractivity contribution in [3.8, 4) is 5.75 Å². The summed E-state index contributed by atoms with van der Waals surface area (Å²) in [6.45, 7) is 6.14. The summed E-state index contributed by atoms with van der Waals surface area (Å²) >= 11 is 1.42. The molecule has 0 saturated carbocycles. The normalized spacial score (nSPS) is 23.5. The second-order valence-corrected chi connectivity index (χ2v) is 10.2. The zero-order chi connectivity index (χ0) is 23.3. The minimum atomic E-state index is -0.429.